The highest BCUT2D eigenvalue weighted by Crippen LogP contribution is 2.34. The van der Waals surface area contributed by atoms with Crippen molar-refractivity contribution in [3.8, 4) is 5.75 Å². The SMILES string of the molecule is CCNC(c1cc(F)ccc1OC)C1CCC(C)O1. The molecule has 0 bridgehead atoms. The van der Waals surface area contributed by atoms with Gasteiger partial charge in [0.1, 0.15) is 11.6 Å². The molecule has 3 unspecified atom stereocenters. The third-order valence-electron chi connectivity index (χ3n) is 3.59. The molecule has 0 radical (unpaired) electrons. The summed E-state index contributed by atoms with van der Waals surface area (Å²) in [5.74, 6) is 0.459. The Hall–Kier alpha value is -1.13. The van der Waals surface area contributed by atoms with Crippen LogP contribution in [-0.2, 0) is 4.74 Å². The summed E-state index contributed by atoms with van der Waals surface area (Å²) in [6.07, 6.45) is 2.37. The van der Waals surface area contributed by atoms with Gasteiger partial charge in [0.15, 0.2) is 0 Å². The number of rotatable bonds is 5. The predicted molar refractivity (Wildman–Crippen MR) is 72.9 cm³/mol. The van der Waals surface area contributed by atoms with E-state index in [-0.39, 0.29) is 24.1 Å². The fourth-order valence-electron chi connectivity index (χ4n) is 2.69. The van der Waals surface area contributed by atoms with Crippen molar-refractivity contribution >= 4 is 0 Å². The van der Waals surface area contributed by atoms with Crippen LogP contribution >= 0.6 is 0 Å². The van der Waals surface area contributed by atoms with Crippen LogP contribution in [0.4, 0.5) is 4.39 Å². The van der Waals surface area contributed by atoms with Gasteiger partial charge >= 0.3 is 0 Å². The Balaban J connectivity index is 2.30. The zero-order valence-electron chi connectivity index (χ0n) is 11.8. The average molecular weight is 267 g/mol. The van der Waals surface area contributed by atoms with Gasteiger partial charge in [-0.3, -0.25) is 0 Å². The summed E-state index contributed by atoms with van der Waals surface area (Å²) in [5.41, 5.74) is 0.837. The van der Waals surface area contributed by atoms with Crippen molar-refractivity contribution in [1.29, 1.82) is 0 Å². The number of hydrogen-bond donors (Lipinski definition) is 1. The van der Waals surface area contributed by atoms with Crippen LogP contribution in [0.15, 0.2) is 18.2 Å². The quantitative estimate of drug-likeness (QED) is 0.889. The molecule has 1 aliphatic rings. The highest BCUT2D eigenvalue weighted by Gasteiger charge is 2.32. The molecule has 1 fully saturated rings. The molecule has 19 heavy (non-hydrogen) atoms. The van der Waals surface area contributed by atoms with Crippen molar-refractivity contribution in [2.24, 2.45) is 0 Å². The Labute approximate surface area is 114 Å². The minimum Gasteiger partial charge on any atom is -0.496 e. The Morgan fingerprint density at radius 3 is 2.84 bits per heavy atom. The molecule has 1 aromatic rings. The minimum absolute atomic E-state index is 0.0272. The number of halogens is 1. The molecule has 2 rings (SSSR count). The van der Waals surface area contributed by atoms with Gasteiger partial charge in [-0.25, -0.2) is 4.39 Å². The number of benzene rings is 1. The number of ether oxygens (including phenoxy) is 2. The molecule has 0 aromatic heterocycles. The summed E-state index contributed by atoms with van der Waals surface area (Å²) in [6, 6.07) is 4.61. The van der Waals surface area contributed by atoms with Gasteiger partial charge in [-0.05, 0) is 44.5 Å². The Kier molecular flexibility index (Phi) is 4.77. The molecule has 4 heteroatoms. The molecule has 1 aromatic carbocycles. The van der Waals surface area contributed by atoms with E-state index < -0.39 is 0 Å². The average Bonchev–Trinajstić information content (AvgIpc) is 2.82. The zero-order chi connectivity index (χ0) is 13.8. The van der Waals surface area contributed by atoms with Crippen LogP contribution in [0.1, 0.15) is 38.3 Å². The summed E-state index contributed by atoms with van der Waals surface area (Å²) < 4.78 is 24.8. The second kappa shape index (κ2) is 6.35. The molecule has 3 atom stereocenters. The van der Waals surface area contributed by atoms with Crippen molar-refractivity contribution < 1.29 is 13.9 Å². The maximum Gasteiger partial charge on any atom is 0.123 e. The lowest BCUT2D eigenvalue weighted by Gasteiger charge is -2.26. The van der Waals surface area contributed by atoms with E-state index >= 15 is 0 Å². The lowest BCUT2D eigenvalue weighted by Crippen LogP contribution is -2.32. The van der Waals surface area contributed by atoms with Gasteiger partial charge in [0.25, 0.3) is 0 Å². The number of nitrogens with one attached hydrogen (secondary N) is 1. The highest BCUT2D eigenvalue weighted by molar-refractivity contribution is 5.37. The molecule has 0 spiro atoms. The van der Waals surface area contributed by atoms with Crippen molar-refractivity contribution in [1.82, 2.24) is 5.32 Å². The standard InChI is InChI=1S/C15H22FNO2/c1-4-17-15(14-7-5-10(2)19-14)12-9-11(16)6-8-13(12)18-3/h6,8-10,14-15,17H,4-5,7H2,1-3H3. The summed E-state index contributed by atoms with van der Waals surface area (Å²) >= 11 is 0. The van der Waals surface area contributed by atoms with Gasteiger partial charge in [-0.2, -0.15) is 0 Å². The van der Waals surface area contributed by atoms with Crippen LogP contribution in [0.5, 0.6) is 5.75 Å². The van der Waals surface area contributed by atoms with E-state index in [0.29, 0.717) is 5.75 Å². The van der Waals surface area contributed by atoms with Gasteiger partial charge in [0, 0.05) is 5.56 Å². The van der Waals surface area contributed by atoms with E-state index in [2.05, 4.69) is 12.2 Å². The largest absolute Gasteiger partial charge is 0.496 e. The van der Waals surface area contributed by atoms with Gasteiger partial charge in [0.05, 0.1) is 25.4 Å². The zero-order valence-corrected chi connectivity index (χ0v) is 11.8. The van der Waals surface area contributed by atoms with Crippen LogP contribution in [0.25, 0.3) is 0 Å². The number of likely N-dealkylation sites (N-methyl/N-ethyl adjacent to an activating group) is 1. The molecule has 106 valence electrons. The third kappa shape index (κ3) is 3.25. The first kappa shape index (κ1) is 14.3. The summed E-state index contributed by atoms with van der Waals surface area (Å²) in [7, 11) is 1.61. The van der Waals surface area contributed by atoms with E-state index in [1.54, 1.807) is 19.2 Å². The fourth-order valence-corrected chi connectivity index (χ4v) is 2.69. The lowest BCUT2D eigenvalue weighted by atomic mass is 9.98. The van der Waals surface area contributed by atoms with Crippen LogP contribution in [0.2, 0.25) is 0 Å². The van der Waals surface area contributed by atoms with Crippen molar-refractivity contribution in [3.05, 3.63) is 29.6 Å². The Bertz CT molecular complexity index is 425. The molecule has 1 saturated heterocycles. The van der Waals surface area contributed by atoms with Crippen molar-refractivity contribution in [2.75, 3.05) is 13.7 Å². The molecule has 1 N–H and O–H groups in total. The maximum atomic E-state index is 13.5. The second-order valence-corrected chi connectivity index (χ2v) is 4.98. The molecule has 0 saturated carbocycles. The van der Waals surface area contributed by atoms with Crippen molar-refractivity contribution in [3.63, 3.8) is 0 Å². The van der Waals surface area contributed by atoms with Crippen LogP contribution in [-0.4, -0.2) is 25.9 Å². The summed E-state index contributed by atoms with van der Waals surface area (Å²) in [6.45, 7) is 4.92. The maximum absolute atomic E-state index is 13.5. The monoisotopic (exact) mass is 267 g/mol. The first-order valence-electron chi connectivity index (χ1n) is 6.88. The van der Waals surface area contributed by atoms with E-state index in [1.165, 1.54) is 6.07 Å². The number of methoxy groups -OCH3 is 1. The first-order chi connectivity index (χ1) is 9.15. The molecule has 3 nitrogen and oxygen atoms in total. The fraction of sp³-hybridized carbons (Fsp3) is 0.600. The molecular weight excluding hydrogens is 245 g/mol. The van der Waals surface area contributed by atoms with Gasteiger partial charge in [-0.1, -0.05) is 6.92 Å². The van der Waals surface area contributed by atoms with E-state index in [0.717, 1.165) is 24.9 Å². The normalized spacial score (nSPS) is 24.4. The van der Waals surface area contributed by atoms with Crippen molar-refractivity contribution in [2.45, 2.75) is 44.9 Å². The smallest absolute Gasteiger partial charge is 0.123 e. The van der Waals surface area contributed by atoms with E-state index in [4.69, 9.17) is 9.47 Å². The number of hydrogen-bond acceptors (Lipinski definition) is 3. The second-order valence-electron chi connectivity index (χ2n) is 4.98. The molecule has 1 heterocycles. The molecular formula is C15H22FNO2. The van der Waals surface area contributed by atoms with Gasteiger partial charge in [-0.15, -0.1) is 0 Å². The highest BCUT2D eigenvalue weighted by atomic mass is 19.1. The summed E-state index contributed by atoms with van der Waals surface area (Å²) in [4.78, 5) is 0. The van der Waals surface area contributed by atoms with Gasteiger partial charge < -0.3 is 14.8 Å². The first-order valence-corrected chi connectivity index (χ1v) is 6.88. The van der Waals surface area contributed by atoms with E-state index in [1.807, 2.05) is 6.92 Å². The Morgan fingerprint density at radius 1 is 1.47 bits per heavy atom. The van der Waals surface area contributed by atoms with Crippen LogP contribution in [0, 0.1) is 5.82 Å². The molecule has 0 aliphatic carbocycles. The Morgan fingerprint density at radius 2 is 2.26 bits per heavy atom. The van der Waals surface area contributed by atoms with Crippen LogP contribution in [0.3, 0.4) is 0 Å². The lowest BCUT2D eigenvalue weighted by molar-refractivity contribution is 0.0314. The van der Waals surface area contributed by atoms with Gasteiger partial charge in [0.2, 0.25) is 0 Å². The predicted octanol–water partition coefficient (Wildman–Crippen LogP) is 3.05. The molecule has 1 aliphatic heterocycles. The van der Waals surface area contributed by atoms with Crippen LogP contribution < -0.4 is 10.1 Å². The third-order valence-corrected chi connectivity index (χ3v) is 3.59. The van der Waals surface area contributed by atoms with E-state index in [9.17, 15) is 4.39 Å². The minimum atomic E-state index is -0.246. The summed E-state index contributed by atoms with van der Waals surface area (Å²) in [5, 5.41) is 3.39. The molecule has 0 amide bonds. The topological polar surface area (TPSA) is 30.5 Å².